The van der Waals surface area contributed by atoms with Gasteiger partial charge in [-0.3, -0.25) is 4.98 Å². The Bertz CT molecular complexity index is 3270. The van der Waals surface area contributed by atoms with Crippen LogP contribution in [0, 0.1) is 25.8 Å². The zero-order chi connectivity index (χ0) is 43.5. The van der Waals surface area contributed by atoms with E-state index < -0.39 is 13.7 Å². The van der Waals surface area contributed by atoms with E-state index in [1.807, 2.05) is 42.5 Å². The van der Waals surface area contributed by atoms with E-state index in [2.05, 4.69) is 134 Å². The summed E-state index contributed by atoms with van der Waals surface area (Å²) in [5.41, 5.74) is 7.75. The van der Waals surface area contributed by atoms with E-state index in [1.54, 1.807) is 11.3 Å². The van der Waals surface area contributed by atoms with Gasteiger partial charge < -0.3 is 9.55 Å². The fraction of sp³-hybridized carbons (Fsp3) is 0.154. The van der Waals surface area contributed by atoms with Gasteiger partial charge in [0.15, 0.2) is 0 Å². The number of para-hydroxylation sites is 3. The molecule has 0 spiro atoms. The van der Waals surface area contributed by atoms with Crippen LogP contribution in [0.3, 0.4) is 0 Å². The number of rotatable bonds is 5. The van der Waals surface area contributed by atoms with Gasteiger partial charge in [-0.05, 0) is 104 Å². The molecule has 1 radical (unpaired) electrons. The number of imidazole rings is 1. The van der Waals surface area contributed by atoms with E-state index in [4.69, 9.17) is 13.2 Å². The van der Waals surface area contributed by atoms with Crippen LogP contribution in [0.25, 0.3) is 81.1 Å². The summed E-state index contributed by atoms with van der Waals surface area (Å²) in [4.78, 5) is 9.36. The van der Waals surface area contributed by atoms with Crippen molar-refractivity contribution in [1.29, 1.82) is 0 Å². The molecular formula is C52H43IrN3S-2. The molecule has 0 atom stereocenters. The number of hydrogen-bond donors (Lipinski definition) is 0. The largest absolute Gasteiger partial charge is 0.333 e. The van der Waals surface area contributed by atoms with Gasteiger partial charge in [0, 0.05) is 44.9 Å². The van der Waals surface area contributed by atoms with Crippen molar-refractivity contribution in [3.8, 4) is 28.3 Å². The maximum absolute atomic E-state index is 7.90. The molecule has 10 rings (SSSR count). The normalized spacial score (nSPS) is 13.5. The minimum Gasteiger partial charge on any atom is -0.333 e. The molecule has 5 heteroatoms. The summed E-state index contributed by atoms with van der Waals surface area (Å²) in [6.07, 6.45) is 1.17. The van der Waals surface area contributed by atoms with Gasteiger partial charge in [-0.25, -0.2) is 0 Å². The summed E-state index contributed by atoms with van der Waals surface area (Å²) in [5.74, 6) is 1.80. The zero-order valence-electron chi connectivity index (χ0n) is 38.0. The van der Waals surface area contributed by atoms with Crippen molar-refractivity contribution in [1.82, 2.24) is 14.5 Å². The maximum atomic E-state index is 7.90. The van der Waals surface area contributed by atoms with Gasteiger partial charge in [-0.1, -0.05) is 111 Å². The van der Waals surface area contributed by atoms with Gasteiger partial charge >= 0.3 is 0 Å². The predicted molar refractivity (Wildman–Crippen MR) is 239 cm³/mol. The minimum absolute atomic E-state index is 0. The first-order valence-electron chi connectivity index (χ1n) is 22.0. The summed E-state index contributed by atoms with van der Waals surface area (Å²) < 4.78 is 51.3. The molecule has 0 fully saturated rings. The van der Waals surface area contributed by atoms with Crippen molar-refractivity contribution in [2.45, 2.75) is 53.2 Å². The molecule has 0 aliphatic carbocycles. The van der Waals surface area contributed by atoms with Crippen LogP contribution < -0.4 is 0 Å². The summed E-state index contributed by atoms with van der Waals surface area (Å²) >= 11 is 1.60. The summed E-state index contributed by atoms with van der Waals surface area (Å²) in [6.45, 7) is 3.90. The predicted octanol–water partition coefficient (Wildman–Crippen LogP) is 14.6. The van der Waals surface area contributed by atoms with E-state index in [-0.39, 0.29) is 31.2 Å². The molecule has 0 bridgehead atoms. The van der Waals surface area contributed by atoms with E-state index >= 15 is 0 Å². The first-order chi connectivity index (χ1) is 29.7. The SMILES string of the molecule is CC(C)c1cccc(C(C)C)c1-n1c(-c2[c-]cccc2)nc2ccccc21.[2H]C([2H])([2H])c1cnc(-c2[c-]ccc3c2sc2cc4ccc5ccccc5c4cc23)cc1C([2H])([2H])[2H].[Ir]. The average molecular weight is 940 g/mol. The molecule has 3 heterocycles. The molecule has 7 aromatic carbocycles. The van der Waals surface area contributed by atoms with Crippen LogP contribution in [0.15, 0.2) is 140 Å². The van der Waals surface area contributed by atoms with Crippen molar-refractivity contribution >= 4 is 64.1 Å². The van der Waals surface area contributed by atoms with Crippen LogP contribution in [0.5, 0.6) is 0 Å². The van der Waals surface area contributed by atoms with Gasteiger partial charge in [-0.2, -0.15) is 11.3 Å². The van der Waals surface area contributed by atoms with Crippen LogP contribution in [-0.4, -0.2) is 14.5 Å². The number of aromatic nitrogens is 3. The Morgan fingerprint density at radius 2 is 1.40 bits per heavy atom. The first-order valence-corrected chi connectivity index (χ1v) is 19.8. The van der Waals surface area contributed by atoms with E-state index in [0.29, 0.717) is 23.1 Å². The average Bonchev–Trinajstić information content (AvgIpc) is 3.83. The minimum atomic E-state index is -2.58. The molecule has 283 valence electrons. The molecule has 0 saturated carbocycles. The molecule has 0 aliphatic heterocycles. The Balaban J connectivity index is 0.000000176. The second kappa shape index (κ2) is 15.8. The number of pyridine rings is 1. The molecular weight excluding hydrogens is 891 g/mol. The van der Waals surface area contributed by atoms with Crippen molar-refractivity contribution in [2.75, 3.05) is 0 Å². The van der Waals surface area contributed by atoms with Gasteiger partial charge in [0.2, 0.25) is 0 Å². The monoisotopic (exact) mass is 940 g/mol. The van der Waals surface area contributed by atoms with Crippen molar-refractivity contribution in [2.24, 2.45) is 0 Å². The quantitative estimate of drug-likeness (QED) is 0.127. The smallest absolute Gasteiger partial charge is 0.0774 e. The Kier molecular flexibility index (Phi) is 8.78. The maximum Gasteiger partial charge on any atom is 0.0774 e. The third kappa shape index (κ3) is 6.99. The molecule has 0 amide bonds. The third-order valence-corrected chi connectivity index (χ3v) is 11.7. The number of thiophene rings is 1. The summed E-state index contributed by atoms with van der Waals surface area (Å²) in [7, 11) is 0. The van der Waals surface area contributed by atoms with Gasteiger partial charge in [-0.15, -0.1) is 59.7 Å². The number of benzene rings is 7. The van der Waals surface area contributed by atoms with Crippen LogP contribution in [0.2, 0.25) is 0 Å². The Labute approximate surface area is 360 Å². The molecule has 10 aromatic rings. The molecule has 0 aliphatic rings. The van der Waals surface area contributed by atoms with Gasteiger partial charge in [0.25, 0.3) is 0 Å². The molecule has 0 unspecified atom stereocenters. The summed E-state index contributed by atoms with van der Waals surface area (Å²) in [6, 6.07) is 51.9. The van der Waals surface area contributed by atoms with Crippen LogP contribution >= 0.6 is 11.3 Å². The molecule has 3 aromatic heterocycles. The molecule has 0 N–H and O–H groups in total. The second-order valence-corrected chi connectivity index (χ2v) is 15.9. The van der Waals surface area contributed by atoms with Crippen molar-refractivity contribution in [3.63, 3.8) is 0 Å². The summed E-state index contributed by atoms with van der Waals surface area (Å²) in [5, 5.41) is 6.85. The second-order valence-electron chi connectivity index (χ2n) is 14.8. The standard InChI is InChI=1S/C27H18NS.C25H25N2.Ir/c1-16-12-25(28-15-17(16)2)22-9-5-8-21-24-14-23-19(13-26(24)29-27(21)22)11-10-18-6-3-4-7-20(18)23;1-17(2)20-13-10-14-21(18(3)4)24(20)27-23-16-9-8-15-22(23)26-25(27)19-11-6-5-7-12-19;/h3-8,10-15H,1-2H3;5-11,13-18H,1-4H3;/q2*-1;/i1D3,2D3;;. The molecule has 0 saturated heterocycles. The Morgan fingerprint density at radius 1 is 0.649 bits per heavy atom. The third-order valence-electron chi connectivity index (χ3n) is 10.5. The molecule has 3 nitrogen and oxygen atoms in total. The fourth-order valence-corrected chi connectivity index (χ4v) is 9.00. The van der Waals surface area contributed by atoms with Gasteiger partial charge in [0.1, 0.15) is 0 Å². The number of nitrogens with zero attached hydrogens (tertiary/aromatic N) is 3. The van der Waals surface area contributed by atoms with Crippen LogP contribution in [0.1, 0.15) is 70.0 Å². The topological polar surface area (TPSA) is 30.7 Å². The Morgan fingerprint density at radius 3 is 2.18 bits per heavy atom. The van der Waals surface area contributed by atoms with Crippen LogP contribution in [-0.2, 0) is 20.1 Å². The van der Waals surface area contributed by atoms with Crippen molar-refractivity contribution in [3.05, 3.63) is 174 Å². The Hall–Kier alpha value is -5.45. The van der Waals surface area contributed by atoms with E-state index in [0.717, 1.165) is 48.0 Å². The molecule has 57 heavy (non-hydrogen) atoms. The number of aryl methyl sites for hydroxylation is 2. The number of fused-ring (bicyclic) bond motifs is 7. The van der Waals surface area contributed by atoms with E-state index in [1.165, 1.54) is 45.2 Å². The van der Waals surface area contributed by atoms with E-state index in [9.17, 15) is 0 Å². The van der Waals surface area contributed by atoms with Gasteiger partial charge in [0.05, 0.1) is 16.9 Å². The fourth-order valence-electron chi connectivity index (χ4n) is 7.76. The first kappa shape index (κ1) is 31.6. The van der Waals surface area contributed by atoms with Crippen molar-refractivity contribution < 1.29 is 28.3 Å². The number of hydrogen-bond acceptors (Lipinski definition) is 3. The zero-order valence-corrected chi connectivity index (χ0v) is 35.2. The van der Waals surface area contributed by atoms with Crippen LogP contribution in [0.4, 0.5) is 0 Å².